The van der Waals surface area contributed by atoms with Gasteiger partial charge in [-0.25, -0.2) is 0 Å². The van der Waals surface area contributed by atoms with Crippen molar-refractivity contribution >= 4 is 35.2 Å². The van der Waals surface area contributed by atoms with Gasteiger partial charge in [-0.3, -0.25) is 19.4 Å². The standard InChI is InChI=1S/C25H49N3O4S2/c1-11-12-13-26-22(30)19(17-33-24(4,5)31-9)16-21(29)20(18-34-25(6,7)32-10)28-15-14-27(8)23(28,2)3/h19-20H,11-18H2,1-10H3,(H,26,30)/t19-,20-/m0/s1. The zero-order valence-corrected chi connectivity index (χ0v) is 24.8. The fraction of sp³-hybridized carbons (Fsp3) is 0.920. The van der Waals surface area contributed by atoms with E-state index in [1.54, 1.807) is 37.7 Å². The van der Waals surface area contributed by atoms with Crippen LogP contribution in [0.5, 0.6) is 0 Å². The lowest BCUT2D eigenvalue weighted by molar-refractivity contribution is -0.132. The fourth-order valence-electron chi connectivity index (χ4n) is 3.76. The molecule has 200 valence electrons. The SMILES string of the molecule is CCCCNC(=O)[C@H](CSC(C)(C)OC)CC(=O)[C@H](CSC(C)(C)OC)N1CCN(C)C1(C)C. The Morgan fingerprint density at radius 1 is 1.03 bits per heavy atom. The number of ketones is 1. The number of amides is 1. The van der Waals surface area contributed by atoms with E-state index < -0.39 is 10.9 Å². The lowest BCUT2D eigenvalue weighted by atomic mass is 9.97. The number of unbranched alkanes of at least 4 members (excludes halogenated alkanes) is 1. The van der Waals surface area contributed by atoms with E-state index in [-0.39, 0.29) is 34.7 Å². The predicted molar refractivity (Wildman–Crippen MR) is 145 cm³/mol. The molecule has 0 aromatic heterocycles. The van der Waals surface area contributed by atoms with E-state index in [9.17, 15) is 9.59 Å². The van der Waals surface area contributed by atoms with Crippen LogP contribution in [0.2, 0.25) is 0 Å². The number of rotatable bonds is 16. The van der Waals surface area contributed by atoms with Gasteiger partial charge in [-0.2, -0.15) is 0 Å². The molecule has 34 heavy (non-hydrogen) atoms. The molecule has 1 N–H and O–H groups in total. The Morgan fingerprint density at radius 2 is 1.59 bits per heavy atom. The second kappa shape index (κ2) is 13.8. The molecule has 0 radical (unpaired) electrons. The quantitative estimate of drug-likeness (QED) is 0.242. The minimum absolute atomic E-state index is 0.0392. The molecule has 1 aliphatic rings. The molecule has 0 aliphatic carbocycles. The van der Waals surface area contributed by atoms with E-state index >= 15 is 0 Å². The number of hydrogen-bond donors (Lipinski definition) is 1. The van der Waals surface area contributed by atoms with E-state index in [1.807, 2.05) is 27.7 Å². The second-order valence-electron chi connectivity index (χ2n) is 10.5. The number of likely N-dealkylation sites (N-methyl/N-ethyl adjacent to an activating group) is 1. The van der Waals surface area contributed by atoms with Crippen molar-refractivity contribution < 1.29 is 19.1 Å². The number of Topliss-reactive ketones (excluding diaryl/α,β-unsaturated/α-hetero) is 1. The van der Waals surface area contributed by atoms with Crippen LogP contribution in [0.1, 0.15) is 67.7 Å². The molecule has 0 unspecified atom stereocenters. The summed E-state index contributed by atoms with van der Waals surface area (Å²) in [6.07, 6.45) is 2.17. The highest BCUT2D eigenvalue weighted by molar-refractivity contribution is 8.00. The summed E-state index contributed by atoms with van der Waals surface area (Å²) < 4.78 is 11.2. The highest BCUT2D eigenvalue weighted by Crippen LogP contribution is 2.34. The highest BCUT2D eigenvalue weighted by atomic mass is 32.2. The molecule has 2 atom stereocenters. The molecule has 1 saturated heterocycles. The van der Waals surface area contributed by atoms with E-state index in [1.165, 1.54) is 0 Å². The van der Waals surface area contributed by atoms with E-state index in [0.717, 1.165) is 25.9 Å². The molecule has 0 aromatic carbocycles. The number of ether oxygens (including phenoxy) is 2. The predicted octanol–water partition coefficient (Wildman–Crippen LogP) is 4.06. The third-order valence-electron chi connectivity index (χ3n) is 6.91. The Balaban J connectivity index is 3.09. The molecule has 0 bridgehead atoms. The van der Waals surface area contributed by atoms with Crippen LogP contribution in [-0.4, -0.2) is 95.5 Å². The Bertz CT molecular complexity index is 658. The van der Waals surface area contributed by atoms with Crippen LogP contribution in [-0.2, 0) is 19.1 Å². The summed E-state index contributed by atoms with van der Waals surface area (Å²) in [4.78, 5) is 30.7. The van der Waals surface area contributed by atoms with Gasteiger partial charge in [0, 0.05) is 51.8 Å². The van der Waals surface area contributed by atoms with Crippen LogP contribution < -0.4 is 5.32 Å². The summed E-state index contributed by atoms with van der Waals surface area (Å²) in [7, 11) is 5.47. The Hall–Kier alpha value is -0.320. The molecule has 1 amide bonds. The van der Waals surface area contributed by atoms with Crippen molar-refractivity contribution in [3.8, 4) is 0 Å². The normalized spacial score (nSPS) is 19.2. The molecule has 0 spiro atoms. The lowest BCUT2D eigenvalue weighted by Gasteiger charge is -2.41. The number of carbonyl (C=O) groups is 2. The van der Waals surface area contributed by atoms with Crippen LogP contribution in [0, 0.1) is 5.92 Å². The number of nitrogens with one attached hydrogen (secondary N) is 1. The lowest BCUT2D eigenvalue weighted by Crippen LogP contribution is -2.55. The van der Waals surface area contributed by atoms with Gasteiger partial charge in [0.2, 0.25) is 5.91 Å². The Kier molecular flexibility index (Phi) is 12.9. The zero-order chi connectivity index (χ0) is 26.2. The molecule has 9 heteroatoms. The third-order valence-corrected chi connectivity index (χ3v) is 9.69. The molecule has 1 fully saturated rings. The first-order valence-electron chi connectivity index (χ1n) is 12.4. The summed E-state index contributed by atoms with van der Waals surface area (Å²) in [5.74, 6) is 0.849. The minimum Gasteiger partial charge on any atom is -0.368 e. The number of hydrogen-bond acceptors (Lipinski definition) is 8. The van der Waals surface area contributed by atoms with Crippen molar-refractivity contribution in [1.82, 2.24) is 15.1 Å². The molecular formula is C25H49N3O4S2. The minimum atomic E-state index is -0.414. The molecule has 1 heterocycles. The van der Waals surface area contributed by atoms with Gasteiger partial charge < -0.3 is 14.8 Å². The molecule has 0 saturated carbocycles. The van der Waals surface area contributed by atoms with Gasteiger partial charge in [-0.15, -0.1) is 23.5 Å². The van der Waals surface area contributed by atoms with Crippen molar-refractivity contribution in [2.45, 2.75) is 89.3 Å². The number of carbonyl (C=O) groups excluding carboxylic acids is 2. The summed E-state index contributed by atoms with van der Waals surface area (Å²) in [5, 5.41) is 3.05. The fourth-order valence-corrected chi connectivity index (χ4v) is 5.79. The topological polar surface area (TPSA) is 71.1 Å². The van der Waals surface area contributed by atoms with Crippen molar-refractivity contribution in [1.29, 1.82) is 0 Å². The van der Waals surface area contributed by atoms with Gasteiger partial charge in [0.25, 0.3) is 0 Å². The van der Waals surface area contributed by atoms with Crippen molar-refractivity contribution in [3.63, 3.8) is 0 Å². The summed E-state index contributed by atoms with van der Waals surface area (Å²) in [6.45, 7) is 16.8. The van der Waals surface area contributed by atoms with Crippen molar-refractivity contribution in [2.24, 2.45) is 5.92 Å². The average Bonchev–Trinajstić information content (AvgIpc) is 3.03. The van der Waals surface area contributed by atoms with E-state index in [4.69, 9.17) is 9.47 Å². The third kappa shape index (κ3) is 9.62. The number of thioether (sulfide) groups is 2. The molecular weight excluding hydrogens is 470 g/mol. The van der Waals surface area contributed by atoms with Crippen LogP contribution in [0.25, 0.3) is 0 Å². The summed E-state index contributed by atoms with van der Waals surface area (Å²) in [5.41, 5.74) is -0.232. The first-order chi connectivity index (χ1) is 15.7. The maximum atomic E-state index is 13.8. The number of methoxy groups -OCH3 is 2. The summed E-state index contributed by atoms with van der Waals surface area (Å²) >= 11 is 3.23. The maximum Gasteiger partial charge on any atom is 0.224 e. The maximum absolute atomic E-state index is 13.8. The Labute approximate surface area is 216 Å². The van der Waals surface area contributed by atoms with Gasteiger partial charge in [-0.05, 0) is 55.0 Å². The van der Waals surface area contributed by atoms with Crippen LogP contribution >= 0.6 is 23.5 Å². The largest absolute Gasteiger partial charge is 0.368 e. The van der Waals surface area contributed by atoms with Gasteiger partial charge >= 0.3 is 0 Å². The van der Waals surface area contributed by atoms with Crippen LogP contribution in [0.4, 0.5) is 0 Å². The number of nitrogens with zero attached hydrogens (tertiary/aromatic N) is 2. The monoisotopic (exact) mass is 519 g/mol. The van der Waals surface area contributed by atoms with Gasteiger partial charge in [-0.1, -0.05) is 13.3 Å². The first kappa shape index (κ1) is 31.7. The van der Waals surface area contributed by atoms with Gasteiger partial charge in [0.15, 0.2) is 5.78 Å². The van der Waals surface area contributed by atoms with Crippen LogP contribution in [0.15, 0.2) is 0 Å². The molecule has 0 aromatic rings. The smallest absolute Gasteiger partial charge is 0.224 e. The van der Waals surface area contributed by atoms with E-state index in [0.29, 0.717) is 18.1 Å². The Morgan fingerprint density at radius 3 is 2.06 bits per heavy atom. The average molecular weight is 520 g/mol. The zero-order valence-electron chi connectivity index (χ0n) is 23.2. The van der Waals surface area contributed by atoms with Gasteiger partial charge in [0.1, 0.15) is 9.87 Å². The highest BCUT2D eigenvalue weighted by Gasteiger charge is 2.44. The van der Waals surface area contributed by atoms with Gasteiger partial charge in [0.05, 0.1) is 17.6 Å². The summed E-state index contributed by atoms with van der Waals surface area (Å²) in [6, 6.07) is -0.286. The van der Waals surface area contributed by atoms with E-state index in [2.05, 4.69) is 42.9 Å². The van der Waals surface area contributed by atoms with Crippen molar-refractivity contribution in [2.75, 3.05) is 52.4 Å². The second-order valence-corrected chi connectivity index (χ2v) is 13.7. The van der Waals surface area contributed by atoms with Crippen molar-refractivity contribution in [3.05, 3.63) is 0 Å². The van der Waals surface area contributed by atoms with Crippen LogP contribution in [0.3, 0.4) is 0 Å². The molecule has 7 nitrogen and oxygen atoms in total. The first-order valence-corrected chi connectivity index (χ1v) is 14.3. The molecule has 1 aliphatic heterocycles. The molecule has 1 rings (SSSR count).